The molecule has 0 aliphatic carbocycles. The first-order valence-corrected chi connectivity index (χ1v) is 12.9. The number of carbonyl (C=O) groups excluding carboxylic acids is 2. The zero-order valence-corrected chi connectivity index (χ0v) is 21.4. The maximum absolute atomic E-state index is 13.4. The molecule has 0 aromatic carbocycles. The zero-order chi connectivity index (χ0) is 25.5. The molecule has 2 fully saturated rings. The summed E-state index contributed by atoms with van der Waals surface area (Å²) in [4.78, 5) is 60.8. The van der Waals surface area contributed by atoms with Crippen LogP contribution in [0.15, 0.2) is 9.59 Å². The van der Waals surface area contributed by atoms with Gasteiger partial charge in [0.1, 0.15) is 5.82 Å². The number of nitrogens with two attached hydrogens (primary N) is 1. The first-order chi connectivity index (χ1) is 16.7. The molecule has 0 unspecified atom stereocenters. The van der Waals surface area contributed by atoms with Crippen molar-refractivity contribution >= 4 is 23.3 Å². The maximum Gasteiger partial charge on any atom is 0.330 e. The lowest BCUT2D eigenvalue weighted by molar-refractivity contribution is -0.132. The van der Waals surface area contributed by atoms with E-state index in [1.54, 1.807) is 0 Å². The molecule has 3 heterocycles. The Bertz CT molecular complexity index is 989. The molecule has 0 bridgehead atoms. The van der Waals surface area contributed by atoms with Crippen molar-refractivity contribution in [3.05, 3.63) is 20.8 Å². The number of aromatic nitrogens is 2. The minimum Gasteiger partial charge on any atom is -0.383 e. The number of unbranched alkanes of at least 4 members (excludes halogenated alkanes) is 1. The molecule has 35 heavy (non-hydrogen) atoms. The van der Waals surface area contributed by atoms with E-state index in [4.69, 9.17) is 5.73 Å². The summed E-state index contributed by atoms with van der Waals surface area (Å²) in [6.07, 6.45) is 3.72. The fraction of sp³-hybridized carbons (Fsp3) is 0.750. The van der Waals surface area contributed by atoms with Crippen LogP contribution in [0.4, 0.5) is 11.5 Å². The number of piperazine rings is 1. The van der Waals surface area contributed by atoms with Gasteiger partial charge in [-0.2, -0.15) is 0 Å². The molecule has 0 spiro atoms. The van der Waals surface area contributed by atoms with E-state index in [2.05, 4.69) is 9.88 Å². The van der Waals surface area contributed by atoms with Gasteiger partial charge < -0.3 is 15.5 Å². The van der Waals surface area contributed by atoms with Gasteiger partial charge in [0.05, 0.1) is 13.1 Å². The largest absolute Gasteiger partial charge is 0.383 e. The highest BCUT2D eigenvalue weighted by Crippen LogP contribution is 2.19. The maximum atomic E-state index is 13.4. The number of nitrogens with one attached hydrogen (secondary N) is 1. The average Bonchev–Trinajstić information content (AvgIpc) is 3.35. The number of anilines is 2. The smallest absolute Gasteiger partial charge is 0.330 e. The summed E-state index contributed by atoms with van der Waals surface area (Å²) >= 11 is 0. The van der Waals surface area contributed by atoms with E-state index in [0.29, 0.717) is 52.2 Å². The van der Waals surface area contributed by atoms with Gasteiger partial charge in [-0.1, -0.05) is 27.2 Å². The topological polar surface area (TPSA) is 128 Å². The molecule has 11 nitrogen and oxygen atoms in total. The summed E-state index contributed by atoms with van der Waals surface area (Å²) < 4.78 is 1.34. The van der Waals surface area contributed by atoms with Gasteiger partial charge in [-0.3, -0.25) is 33.7 Å². The first-order valence-electron chi connectivity index (χ1n) is 12.9. The molecular weight excluding hydrogens is 450 g/mol. The summed E-state index contributed by atoms with van der Waals surface area (Å²) in [5.74, 6) is 0.139. The van der Waals surface area contributed by atoms with E-state index in [-0.39, 0.29) is 35.8 Å². The number of nitrogen functional groups attached to an aromatic ring is 1. The standard InChI is InChI=1S/C24H41N7O4/c1-4-5-10-30(21-22(25)31(15-18(2)3)24(35)26-23(21)34)20(33)17-28-13-11-27(12-14-28)16-19(32)29-8-6-7-9-29/h18H,4-17,25H2,1-3H3,(H,26,34,35). The van der Waals surface area contributed by atoms with Crippen LogP contribution in [0.2, 0.25) is 0 Å². The molecule has 2 aliphatic heterocycles. The normalized spacial score (nSPS) is 17.3. The first kappa shape index (κ1) is 26.9. The Balaban J connectivity index is 1.67. The van der Waals surface area contributed by atoms with Gasteiger partial charge in [0.15, 0.2) is 5.69 Å². The second kappa shape index (κ2) is 12.3. The van der Waals surface area contributed by atoms with E-state index in [1.165, 1.54) is 9.47 Å². The van der Waals surface area contributed by atoms with Crippen molar-refractivity contribution in [2.75, 3.05) is 69.5 Å². The van der Waals surface area contributed by atoms with Crippen LogP contribution < -0.4 is 21.9 Å². The predicted octanol–water partition coefficient (Wildman–Crippen LogP) is 0.148. The quantitative estimate of drug-likeness (QED) is 0.477. The number of likely N-dealkylation sites (tertiary alicyclic amines) is 1. The van der Waals surface area contributed by atoms with Crippen molar-refractivity contribution in [2.24, 2.45) is 5.92 Å². The van der Waals surface area contributed by atoms with Crippen molar-refractivity contribution in [3.8, 4) is 0 Å². The lowest BCUT2D eigenvalue weighted by Crippen LogP contribution is -2.53. The zero-order valence-electron chi connectivity index (χ0n) is 21.4. The van der Waals surface area contributed by atoms with Gasteiger partial charge >= 0.3 is 5.69 Å². The summed E-state index contributed by atoms with van der Waals surface area (Å²) in [7, 11) is 0. The van der Waals surface area contributed by atoms with E-state index in [1.807, 2.05) is 30.6 Å². The van der Waals surface area contributed by atoms with E-state index >= 15 is 0 Å². The second-order valence-corrected chi connectivity index (χ2v) is 10.0. The van der Waals surface area contributed by atoms with Crippen LogP contribution in [0.5, 0.6) is 0 Å². The van der Waals surface area contributed by atoms with Gasteiger partial charge in [0, 0.05) is 52.4 Å². The molecule has 1 aromatic heterocycles. The summed E-state index contributed by atoms with van der Waals surface area (Å²) in [6.45, 7) is 11.7. The van der Waals surface area contributed by atoms with Crippen LogP contribution in [-0.4, -0.2) is 95.0 Å². The summed E-state index contributed by atoms with van der Waals surface area (Å²) in [6, 6.07) is 0. The number of amides is 2. The monoisotopic (exact) mass is 491 g/mol. The Hall–Kier alpha value is -2.66. The Labute approximate surface area is 206 Å². The van der Waals surface area contributed by atoms with Gasteiger partial charge in [-0.25, -0.2) is 4.79 Å². The van der Waals surface area contributed by atoms with E-state index in [9.17, 15) is 19.2 Å². The van der Waals surface area contributed by atoms with Gasteiger partial charge in [0.2, 0.25) is 11.8 Å². The molecule has 0 saturated carbocycles. The molecular formula is C24H41N7O4. The molecule has 1 aromatic rings. The van der Waals surface area contributed by atoms with Crippen LogP contribution in [0.3, 0.4) is 0 Å². The molecule has 0 radical (unpaired) electrons. The molecule has 0 atom stereocenters. The summed E-state index contributed by atoms with van der Waals surface area (Å²) in [5, 5.41) is 0. The number of H-pyrrole nitrogens is 1. The Morgan fingerprint density at radius 1 is 1.00 bits per heavy atom. The third kappa shape index (κ3) is 6.94. The number of nitrogens with zero attached hydrogens (tertiary/aromatic N) is 5. The van der Waals surface area contributed by atoms with Crippen molar-refractivity contribution < 1.29 is 9.59 Å². The van der Waals surface area contributed by atoms with Crippen LogP contribution in [0.1, 0.15) is 46.5 Å². The van der Waals surface area contributed by atoms with Crippen LogP contribution >= 0.6 is 0 Å². The molecule has 2 amide bonds. The minimum absolute atomic E-state index is 0.0298. The molecule has 2 saturated heterocycles. The highest BCUT2D eigenvalue weighted by atomic mass is 16.2. The van der Waals surface area contributed by atoms with Crippen LogP contribution in [-0.2, 0) is 16.1 Å². The van der Waals surface area contributed by atoms with Crippen molar-refractivity contribution in [1.82, 2.24) is 24.3 Å². The summed E-state index contributed by atoms with van der Waals surface area (Å²) in [5.41, 5.74) is 5.14. The molecule has 196 valence electrons. The van der Waals surface area contributed by atoms with E-state index < -0.39 is 11.2 Å². The molecule has 11 heteroatoms. The second-order valence-electron chi connectivity index (χ2n) is 10.0. The Morgan fingerprint density at radius 2 is 1.60 bits per heavy atom. The SMILES string of the molecule is CCCCN(C(=O)CN1CCN(CC(=O)N2CCCC2)CC1)c1c(N)n(CC(C)C)c(=O)[nH]c1=O. The van der Waals surface area contributed by atoms with Gasteiger partial charge in [-0.15, -0.1) is 0 Å². The molecule has 2 aliphatic rings. The van der Waals surface area contributed by atoms with Crippen molar-refractivity contribution in [2.45, 2.75) is 53.0 Å². The Morgan fingerprint density at radius 3 is 2.17 bits per heavy atom. The number of hydrogen-bond acceptors (Lipinski definition) is 7. The Kier molecular flexibility index (Phi) is 9.50. The van der Waals surface area contributed by atoms with Crippen LogP contribution in [0, 0.1) is 5.92 Å². The van der Waals surface area contributed by atoms with Crippen LogP contribution in [0.25, 0.3) is 0 Å². The minimum atomic E-state index is -0.637. The lowest BCUT2D eigenvalue weighted by Gasteiger charge is -2.35. The predicted molar refractivity (Wildman–Crippen MR) is 137 cm³/mol. The molecule has 3 N–H and O–H groups in total. The van der Waals surface area contributed by atoms with Gasteiger partial charge in [0.25, 0.3) is 5.56 Å². The highest BCUT2D eigenvalue weighted by Gasteiger charge is 2.28. The average molecular weight is 492 g/mol. The van der Waals surface area contributed by atoms with Crippen molar-refractivity contribution in [1.29, 1.82) is 0 Å². The number of carbonyl (C=O) groups is 2. The lowest BCUT2D eigenvalue weighted by atomic mass is 10.2. The molecule has 3 rings (SSSR count). The fourth-order valence-corrected chi connectivity index (χ4v) is 4.70. The number of hydrogen-bond donors (Lipinski definition) is 2. The number of aromatic amines is 1. The van der Waals surface area contributed by atoms with E-state index in [0.717, 1.165) is 32.4 Å². The third-order valence-electron chi connectivity index (χ3n) is 6.71. The van der Waals surface area contributed by atoms with Gasteiger partial charge in [-0.05, 0) is 25.2 Å². The fourth-order valence-electron chi connectivity index (χ4n) is 4.70. The van der Waals surface area contributed by atoms with Crippen molar-refractivity contribution in [3.63, 3.8) is 0 Å². The number of rotatable bonds is 10. The third-order valence-corrected chi connectivity index (χ3v) is 6.71. The highest BCUT2D eigenvalue weighted by molar-refractivity contribution is 5.96.